The smallest absolute Gasteiger partial charge is 0.317 e. The minimum atomic E-state index is -0.825. The molecule has 9 heteroatoms. The molecule has 28 heavy (non-hydrogen) atoms. The zero-order chi connectivity index (χ0) is 19.8. The third-order valence-electron chi connectivity index (χ3n) is 4.87. The van der Waals surface area contributed by atoms with Crippen LogP contribution in [0.2, 0.25) is 0 Å². The van der Waals surface area contributed by atoms with Gasteiger partial charge in [-0.05, 0) is 32.0 Å². The van der Waals surface area contributed by atoms with Crippen molar-refractivity contribution in [1.29, 1.82) is 0 Å². The highest BCUT2D eigenvalue weighted by Gasteiger charge is 2.25. The quantitative estimate of drug-likeness (QED) is 0.657. The molecule has 0 saturated carbocycles. The van der Waals surface area contributed by atoms with E-state index in [0.29, 0.717) is 13.1 Å². The number of ether oxygens (including phenoxy) is 1. The first-order valence-electron chi connectivity index (χ1n) is 9.12. The van der Waals surface area contributed by atoms with Crippen molar-refractivity contribution in [3.8, 4) is 5.75 Å². The highest BCUT2D eigenvalue weighted by Crippen LogP contribution is 2.16. The molecule has 0 spiro atoms. The Morgan fingerprint density at radius 1 is 1.25 bits per heavy atom. The number of aliphatic carboxylic acids is 1. The second-order valence-corrected chi connectivity index (χ2v) is 6.91. The van der Waals surface area contributed by atoms with Gasteiger partial charge in [0.1, 0.15) is 6.61 Å². The number of para-hydroxylation sites is 1. The Hall–Kier alpha value is -1.90. The summed E-state index contributed by atoms with van der Waals surface area (Å²) in [4.78, 5) is 28.7. The van der Waals surface area contributed by atoms with Crippen LogP contribution in [0.3, 0.4) is 0 Å². The van der Waals surface area contributed by atoms with Crippen LogP contribution >= 0.6 is 12.4 Å². The Bertz CT molecular complexity index is 641. The summed E-state index contributed by atoms with van der Waals surface area (Å²) < 4.78 is 18.9. The summed E-state index contributed by atoms with van der Waals surface area (Å²) in [6, 6.07) is 6.43. The molecule has 2 rings (SSSR count). The van der Waals surface area contributed by atoms with Crippen LogP contribution in [0.4, 0.5) is 4.39 Å². The highest BCUT2D eigenvalue weighted by atomic mass is 35.5. The Kier molecular flexibility index (Phi) is 10.2. The van der Waals surface area contributed by atoms with Gasteiger partial charge in [-0.3, -0.25) is 19.4 Å². The van der Waals surface area contributed by atoms with E-state index in [1.165, 1.54) is 6.07 Å². The van der Waals surface area contributed by atoms with Crippen LogP contribution in [0, 0.1) is 5.82 Å². The van der Waals surface area contributed by atoms with Crippen molar-refractivity contribution >= 4 is 24.3 Å². The summed E-state index contributed by atoms with van der Waals surface area (Å²) in [5, 5.41) is 8.87. The van der Waals surface area contributed by atoms with Crippen LogP contribution in [0.5, 0.6) is 5.75 Å². The molecule has 0 radical (unpaired) electrons. The molecule has 1 amide bonds. The topological polar surface area (TPSA) is 73.3 Å². The maximum atomic E-state index is 13.5. The van der Waals surface area contributed by atoms with E-state index in [-0.39, 0.29) is 43.3 Å². The molecule has 158 valence electrons. The number of carboxylic acids is 1. The van der Waals surface area contributed by atoms with E-state index in [2.05, 4.69) is 4.90 Å². The highest BCUT2D eigenvalue weighted by molar-refractivity contribution is 5.85. The van der Waals surface area contributed by atoms with Crippen molar-refractivity contribution in [2.75, 3.05) is 53.4 Å². The third kappa shape index (κ3) is 7.61. The van der Waals surface area contributed by atoms with E-state index in [4.69, 9.17) is 9.84 Å². The van der Waals surface area contributed by atoms with Crippen molar-refractivity contribution in [3.05, 3.63) is 30.1 Å². The summed E-state index contributed by atoms with van der Waals surface area (Å²) in [6.45, 7) is 2.50. The SMILES string of the molecule is CN(CCOc1ccccc1F)C(=O)CN1CCC(N(C)CC(=O)O)CC1.Cl. The number of nitrogens with zero attached hydrogens (tertiary/aromatic N) is 3. The van der Waals surface area contributed by atoms with E-state index >= 15 is 0 Å². The van der Waals surface area contributed by atoms with E-state index in [1.54, 1.807) is 30.1 Å². The van der Waals surface area contributed by atoms with E-state index in [0.717, 1.165) is 25.9 Å². The van der Waals surface area contributed by atoms with Gasteiger partial charge in [-0.25, -0.2) is 4.39 Å². The predicted octanol–water partition coefficient (Wildman–Crippen LogP) is 1.57. The molecular weight excluding hydrogens is 389 g/mol. The predicted molar refractivity (Wildman–Crippen MR) is 107 cm³/mol. The summed E-state index contributed by atoms with van der Waals surface area (Å²) in [7, 11) is 3.53. The van der Waals surface area contributed by atoms with E-state index < -0.39 is 11.8 Å². The lowest BCUT2D eigenvalue weighted by Gasteiger charge is -2.36. The van der Waals surface area contributed by atoms with Crippen LogP contribution in [0.25, 0.3) is 0 Å². The molecule has 0 aliphatic carbocycles. The monoisotopic (exact) mass is 417 g/mol. The molecule has 1 saturated heterocycles. The Labute approximate surface area is 171 Å². The summed E-state index contributed by atoms with van der Waals surface area (Å²) in [5.41, 5.74) is 0. The molecule has 1 aromatic rings. The van der Waals surface area contributed by atoms with Gasteiger partial charge in [-0.2, -0.15) is 0 Å². The Balaban J connectivity index is 0.00000392. The summed E-state index contributed by atoms with van der Waals surface area (Å²) >= 11 is 0. The molecule has 1 aliphatic rings. The molecular formula is C19H29ClFN3O4. The van der Waals surface area contributed by atoms with E-state index in [9.17, 15) is 14.0 Å². The summed E-state index contributed by atoms with van der Waals surface area (Å²) in [6.07, 6.45) is 1.69. The number of hydrogen-bond acceptors (Lipinski definition) is 5. The lowest BCUT2D eigenvalue weighted by molar-refractivity contribution is -0.138. The largest absolute Gasteiger partial charge is 0.489 e. The maximum Gasteiger partial charge on any atom is 0.317 e. The fourth-order valence-corrected chi connectivity index (χ4v) is 3.15. The number of piperidine rings is 1. The van der Waals surface area contributed by atoms with Gasteiger partial charge < -0.3 is 14.7 Å². The molecule has 1 aliphatic heterocycles. The number of halogens is 2. The molecule has 0 atom stereocenters. The van der Waals surface area contributed by atoms with Gasteiger partial charge in [0.25, 0.3) is 0 Å². The average molecular weight is 418 g/mol. The fraction of sp³-hybridized carbons (Fsp3) is 0.579. The second-order valence-electron chi connectivity index (χ2n) is 6.91. The number of carbonyl (C=O) groups excluding carboxylic acids is 1. The lowest BCUT2D eigenvalue weighted by Crippen LogP contribution is -2.48. The third-order valence-corrected chi connectivity index (χ3v) is 4.87. The van der Waals surface area contributed by atoms with Crippen molar-refractivity contribution < 1.29 is 23.8 Å². The van der Waals surface area contributed by atoms with Crippen LogP contribution < -0.4 is 4.74 Å². The molecule has 1 aromatic carbocycles. The number of rotatable bonds is 9. The number of carbonyl (C=O) groups is 2. The van der Waals surface area contributed by atoms with Crippen molar-refractivity contribution in [3.63, 3.8) is 0 Å². The Morgan fingerprint density at radius 2 is 1.89 bits per heavy atom. The first-order chi connectivity index (χ1) is 12.9. The summed E-state index contributed by atoms with van der Waals surface area (Å²) in [5.74, 6) is -1.06. The standard InChI is InChI=1S/C19H28FN3O4.ClH/c1-21(11-12-27-17-6-4-3-5-16(17)20)18(24)13-23-9-7-15(8-10-23)22(2)14-19(25)26;/h3-6,15H,7-14H2,1-2H3,(H,25,26);1H. The number of likely N-dealkylation sites (N-methyl/N-ethyl adjacent to an activating group) is 2. The molecule has 1 fully saturated rings. The number of hydrogen-bond donors (Lipinski definition) is 1. The minimum Gasteiger partial charge on any atom is -0.489 e. The van der Waals surface area contributed by atoms with E-state index in [1.807, 2.05) is 11.9 Å². The molecule has 0 bridgehead atoms. The fourth-order valence-electron chi connectivity index (χ4n) is 3.15. The van der Waals surface area contributed by atoms with Crippen molar-refractivity contribution in [1.82, 2.24) is 14.7 Å². The zero-order valence-corrected chi connectivity index (χ0v) is 17.2. The van der Waals surface area contributed by atoms with Crippen LogP contribution in [-0.2, 0) is 9.59 Å². The van der Waals surface area contributed by atoms with Crippen LogP contribution in [0.1, 0.15) is 12.8 Å². The molecule has 0 unspecified atom stereocenters. The van der Waals surface area contributed by atoms with Gasteiger partial charge in [0, 0.05) is 26.2 Å². The average Bonchev–Trinajstić information content (AvgIpc) is 2.63. The number of benzene rings is 1. The van der Waals surface area contributed by atoms with Gasteiger partial charge in [-0.15, -0.1) is 12.4 Å². The number of likely N-dealkylation sites (tertiary alicyclic amines) is 1. The van der Waals surface area contributed by atoms with Gasteiger partial charge in [-0.1, -0.05) is 12.1 Å². The van der Waals surface area contributed by atoms with Crippen LogP contribution in [-0.4, -0.2) is 91.2 Å². The first kappa shape index (κ1) is 24.1. The Morgan fingerprint density at radius 3 is 2.50 bits per heavy atom. The van der Waals surface area contributed by atoms with Gasteiger partial charge >= 0.3 is 5.97 Å². The molecule has 1 heterocycles. The van der Waals surface area contributed by atoms with Gasteiger partial charge in [0.05, 0.1) is 19.6 Å². The molecule has 0 aromatic heterocycles. The van der Waals surface area contributed by atoms with Crippen LogP contribution in [0.15, 0.2) is 24.3 Å². The molecule has 7 nitrogen and oxygen atoms in total. The normalized spacial score (nSPS) is 15.1. The first-order valence-corrected chi connectivity index (χ1v) is 9.12. The zero-order valence-electron chi connectivity index (χ0n) is 16.3. The number of amides is 1. The molecule has 1 N–H and O–H groups in total. The lowest BCUT2D eigenvalue weighted by atomic mass is 10.0. The van der Waals surface area contributed by atoms with Gasteiger partial charge in [0.2, 0.25) is 5.91 Å². The second kappa shape index (κ2) is 11.8. The van der Waals surface area contributed by atoms with Gasteiger partial charge in [0.15, 0.2) is 11.6 Å². The van der Waals surface area contributed by atoms with Crippen molar-refractivity contribution in [2.45, 2.75) is 18.9 Å². The number of carboxylic acid groups (broad SMARTS) is 1. The maximum absolute atomic E-state index is 13.5. The van der Waals surface area contributed by atoms with Crippen molar-refractivity contribution in [2.24, 2.45) is 0 Å². The minimum absolute atomic E-state index is 0.